The Morgan fingerprint density at radius 1 is 1.15 bits per heavy atom. The molecule has 0 saturated heterocycles. The molecule has 0 atom stereocenters. The minimum atomic E-state index is -0.378. The van der Waals surface area contributed by atoms with Gasteiger partial charge in [0.25, 0.3) is 0 Å². The van der Waals surface area contributed by atoms with E-state index in [0.717, 1.165) is 16.8 Å². The summed E-state index contributed by atoms with van der Waals surface area (Å²) in [6.07, 6.45) is 9.89. The molecule has 0 fully saturated rings. The molecular formula is C25H24FN7. The fourth-order valence-electron chi connectivity index (χ4n) is 3.04. The molecule has 1 N–H and O–H groups in total. The van der Waals surface area contributed by atoms with E-state index in [1.165, 1.54) is 6.07 Å². The molecule has 0 spiro atoms. The number of hydrogen-bond donors (Lipinski definition) is 1. The maximum Gasteiger partial charge on any atom is 0.149 e. The van der Waals surface area contributed by atoms with Gasteiger partial charge in [-0.1, -0.05) is 12.7 Å². The third kappa shape index (κ3) is 6.18. The highest BCUT2D eigenvalue weighted by molar-refractivity contribution is 5.85. The average molecular weight is 442 g/mol. The first-order valence-electron chi connectivity index (χ1n) is 10.1. The van der Waals surface area contributed by atoms with Gasteiger partial charge in [-0.05, 0) is 56.3 Å². The third-order valence-electron chi connectivity index (χ3n) is 4.67. The summed E-state index contributed by atoms with van der Waals surface area (Å²) in [6, 6.07) is 6.82. The lowest BCUT2D eigenvalue weighted by molar-refractivity contribution is 0.618. The predicted octanol–water partition coefficient (Wildman–Crippen LogP) is 4.82. The summed E-state index contributed by atoms with van der Waals surface area (Å²) in [5.74, 6) is -0.378. The van der Waals surface area contributed by atoms with E-state index in [-0.39, 0.29) is 5.82 Å². The molecule has 0 aromatic carbocycles. The van der Waals surface area contributed by atoms with Crippen molar-refractivity contribution in [2.75, 3.05) is 6.67 Å². The van der Waals surface area contributed by atoms with Gasteiger partial charge in [0.15, 0.2) is 0 Å². The molecule has 3 aromatic rings. The number of allylic oxidation sites excluding steroid dienone is 1. The van der Waals surface area contributed by atoms with Crippen LogP contribution in [-0.4, -0.2) is 41.3 Å². The van der Waals surface area contributed by atoms with Crippen LogP contribution in [0, 0.1) is 12.7 Å². The second kappa shape index (κ2) is 11.4. The van der Waals surface area contributed by atoms with E-state index < -0.39 is 0 Å². The van der Waals surface area contributed by atoms with Crippen molar-refractivity contribution in [2.45, 2.75) is 13.5 Å². The van der Waals surface area contributed by atoms with Crippen LogP contribution in [0.3, 0.4) is 0 Å². The van der Waals surface area contributed by atoms with Gasteiger partial charge in [0.05, 0.1) is 29.9 Å². The fraction of sp³-hybridized carbons (Fsp3) is 0.120. The average Bonchev–Trinajstić information content (AvgIpc) is 2.83. The fourth-order valence-corrected chi connectivity index (χ4v) is 3.04. The second-order valence-electron chi connectivity index (χ2n) is 6.98. The zero-order valence-electron chi connectivity index (χ0n) is 18.4. The van der Waals surface area contributed by atoms with E-state index in [1.54, 1.807) is 49.1 Å². The lowest BCUT2D eigenvalue weighted by Crippen LogP contribution is -2.13. The number of nitrogens with zero attached hydrogens (tertiary/aromatic N) is 6. The largest absolute Gasteiger partial charge is 0.294 e. The molecule has 0 bridgehead atoms. The second-order valence-corrected chi connectivity index (χ2v) is 6.98. The zero-order valence-corrected chi connectivity index (χ0v) is 18.4. The summed E-state index contributed by atoms with van der Waals surface area (Å²) in [5.41, 5.74) is 5.17. The highest BCUT2D eigenvalue weighted by atomic mass is 19.1. The van der Waals surface area contributed by atoms with E-state index in [0.29, 0.717) is 41.5 Å². The minimum absolute atomic E-state index is 0.307. The SMILES string of the molecule is C=Cc1cc(/C(=C/C=N\CNCc2cnc(-c3ccnc(C)c3)c(F)c2)N=C)ncc1N=C. The van der Waals surface area contributed by atoms with Crippen molar-refractivity contribution in [3.8, 4) is 11.3 Å². The Hall–Kier alpha value is -4.17. The van der Waals surface area contributed by atoms with Gasteiger partial charge in [-0.2, -0.15) is 0 Å². The summed E-state index contributed by atoms with van der Waals surface area (Å²) in [4.78, 5) is 24.9. The minimum Gasteiger partial charge on any atom is -0.294 e. The summed E-state index contributed by atoms with van der Waals surface area (Å²) >= 11 is 0. The molecular weight excluding hydrogens is 417 g/mol. The van der Waals surface area contributed by atoms with Gasteiger partial charge in [0, 0.05) is 42.0 Å². The number of rotatable bonds is 10. The smallest absolute Gasteiger partial charge is 0.149 e. The Balaban J connectivity index is 1.58. The van der Waals surface area contributed by atoms with Gasteiger partial charge in [-0.25, -0.2) is 4.39 Å². The van der Waals surface area contributed by atoms with Gasteiger partial charge < -0.3 is 0 Å². The number of pyridine rings is 3. The molecule has 0 aliphatic carbocycles. The Morgan fingerprint density at radius 2 is 2.00 bits per heavy atom. The summed E-state index contributed by atoms with van der Waals surface area (Å²) < 4.78 is 14.5. The third-order valence-corrected chi connectivity index (χ3v) is 4.67. The lowest BCUT2D eigenvalue weighted by Gasteiger charge is -2.06. The van der Waals surface area contributed by atoms with Gasteiger partial charge in [-0.15, -0.1) is 0 Å². The Bertz CT molecular complexity index is 1230. The molecule has 33 heavy (non-hydrogen) atoms. The lowest BCUT2D eigenvalue weighted by atomic mass is 10.1. The van der Waals surface area contributed by atoms with E-state index in [2.05, 4.69) is 55.3 Å². The van der Waals surface area contributed by atoms with E-state index in [9.17, 15) is 4.39 Å². The quantitative estimate of drug-likeness (QED) is 0.361. The van der Waals surface area contributed by atoms with Crippen LogP contribution < -0.4 is 5.32 Å². The molecule has 8 heteroatoms. The van der Waals surface area contributed by atoms with Crippen molar-refractivity contribution in [1.29, 1.82) is 0 Å². The number of hydrogen-bond acceptors (Lipinski definition) is 7. The van der Waals surface area contributed by atoms with Crippen LogP contribution in [0.15, 0.2) is 70.5 Å². The topological polar surface area (TPSA) is 87.8 Å². The number of aliphatic imine (C=N–C) groups is 3. The van der Waals surface area contributed by atoms with Crippen LogP contribution in [0.4, 0.5) is 10.1 Å². The van der Waals surface area contributed by atoms with Crippen molar-refractivity contribution in [3.05, 3.63) is 83.8 Å². The molecule has 0 radical (unpaired) electrons. The zero-order chi connectivity index (χ0) is 23.6. The molecule has 7 nitrogen and oxygen atoms in total. The Kier molecular flexibility index (Phi) is 8.15. The highest BCUT2D eigenvalue weighted by Crippen LogP contribution is 2.23. The molecule has 0 unspecified atom stereocenters. The molecule has 3 aromatic heterocycles. The van der Waals surface area contributed by atoms with Crippen LogP contribution in [0.5, 0.6) is 0 Å². The molecule has 0 aliphatic rings. The Morgan fingerprint density at radius 3 is 2.70 bits per heavy atom. The maximum absolute atomic E-state index is 14.5. The highest BCUT2D eigenvalue weighted by Gasteiger charge is 2.08. The number of nitrogens with one attached hydrogen (secondary N) is 1. The maximum atomic E-state index is 14.5. The summed E-state index contributed by atoms with van der Waals surface area (Å²) in [5, 5.41) is 3.12. The van der Waals surface area contributed by atoms with Crippen LogP contribution in [0.1, 0.15) is 22.5 Å². The number of aryl methyl sites for hydroxylation is 1. The normalized spacial score (nSPS) is 11.5. The number of halogens is 1. The molecule has 0 saturated carbocycles. The van der Waals surface area contributed by atoms with Crippen LogP contribution >= 0.6 is 0 Å². The summed E-state index contributed by atoms with van der Waals surface area (Å²) in [6.45, 7) is 13.5. The van der Waals surface area contributed by atoms with E-state index >= 15 is 0 Å². The summed E-state index contributed by atoms with van der Waals surface area (Å²) in [7, 11) is 0. The van der Waals surface area contributed by atoms with Crippen molar-refractivity contribution in [1.82, 2.24) is 20.3 Å². The van der Waals surface area contributed by atoms with E-state index in [1.807, 2.05) is 13.0 Å². The standard InChI is InChI=1S/C25H24FN7/c1-5-19-12-23(32-15-24(19)28-4)22(27-3)7-8-29-16-30-13-18-11-21(26)25(33-14-18)20-6-9-31-17(2)10-20/h5-12,14-15,30H,1,3-4,13,16H2,2H3/b22-7-,29-8-. The molecule has 166 valence electrons. The number of aromatic nitrogens is 3. The molecule has 3 heterocycles. The molecule has 3 rings (SSSR count). The van der Waals surface area contributed by atoms with Crippen molar-refractivity contribution >= 4 is 37.1 Å². The first-order valence-corrected chi connectivity index (χ1v) is 10.1. The van der Waals surface area contributed by atoms with E-state index in [4.69, 9.17) is 0 Å². The van der Waals surface area contributed by atoms with Crippen molar-refractivity contribution in [2.24, 2.45) is 15.0 Å². The molecule has 0 amide bonds. The van der Waals surface area contributed by atoms with Crippen molar-refractivity contribution in [3.63, 3.8) is 0 Å². The first-order chi connectivity index (χ1) is 16.0. The van der Waals surface area contributed by atoms with Gasteiger partial charge >= 0.3 is 0 Å². The predicted molar refractivity (Wildman–Crippen MR) is 133 cm³/mol. The first kappa shape index (κ1) is 23.5. The Labute approximate surface area is 192 Å². The van der Waals surface area contributed by atoms with Crippen LogP contribution in [0.2, 0.25) is 0 Å². The van der Waals surface area contributed by atoms with Gasteiger partial charge in [0.2, 0.25) is 0 Å². The van der Waals surface area contributed by atoms with Crippen LogP contribution in [-0.2, 0) is 6.54 Å². The van der Waals surface area contributed by atoms with Crippen molar-refractivity contribution < 1.29 is 4.39 Å². The van der Waals surface area contributed by atoms with Crippen LogP contribution in [0.25, 0.3) is 23.0 Å². The molecule has 0 aliphatic heterocycles. The van der Waals surface area contributed by atoms with Gasteiger partial charge in [0.1, 0.15) is 11.5 Å². The monoisotopic (exact) mass is 441 g/mol. The van der Waals surface area contributed by atoms with Gasteiger partial charge in [-0.3, -0.25) is 35.2 Å².